The molecule has 4 heteroatoms. The molecule has 0 bridgehead atoms. The van der Waals surface area contributed by atoms with Crippen molar-refractivity contribution in [2.75, 3.05) is 20.3 Å². The van der Waals surface area contributed by atoms with Gasteiger partial charge in [-0.1, -0.05) is 13.0 Å². The number of esters is 1. The van der Waals surface area contributed by atoms with Gasteiger partial charge in [0.15, 0.2) is 0 Å². The fraction of sp³-hybridized carbons (Fsp3) is 0.750. The molecule has 0 saturated carbocycles. The second kappa shape index (κ2) is 7.41. The van der Waals surface area contributed by atoms with Crippen LogP contribution in [0, 0.1) is 0 Å². The normalized spacial score (nSPS) is 12.7. The van der Waals surface area contributed by atoms with Gasteiger partial charge in [-0.2, -0.15) is 0 Å². The zero-order valence-corrected chi connectivity index (χ0v) is 10.7. The van der Waals surface area contributed by atoms with Gasteiger partial charge in [-0.25, -0.2) is 4.79 Å². The first-order valence-electron chi connectivity index (χ1n) is 5.60. The SMILES string of the molecule is CCC(=CCNC(C)(C)CCO)C(=O)OC. The van der Waals surface area contributed by atoms with E-state index in [0.717, 1.165) is 0 Å². The molecule has 0 unspecified atom stereocenters. The minimum Gasteiger partial charge on any atom is -0.466 e. The van der Waals surface area contributed by atoms with E-state index in [0.29, 0.717) is 25.0 Å². The number of ether oxygens (including phenoxy) is 1. The van der Waals surface area contributed by atoms with Gasteiger partial charge in [0.1, 0.15) is 0 Å². The van der Waals surface area contributed by atoms with Crippen molar-refractivity contribution in [2.45, 2.75) is 39.2 Å². The molecule has 0 aliphatic carbocycles. The van der Waals surface area contributed by atoms with E-state index in [2.05, 4.69) is 10.1 Å². The number of rotatable bonds is 7. The lowest BCUT2D eigenvalue weighted by Gasteiger charge is -2.24. The molecule has 0 fully saturated rings. The summed E-state index contributed by atoms with van der Waals surface area (Å²) in [5.41, 5.74) is 0.551. The largest absolute Gasteiger partial charge is 0.466 e. The summed E-state index contributed by atoms with van der Waals surface area (Å²) in [6, 6.07) is 0. The molecular weight excluding hydrogens is 206 g/mol. The van der Waals surface area contributed by atoms with Gasteiger partial charge in [0.25, 0.3) is 0 Å². The Morgan fingerprint density at radius 1 is 1.50 bits per heavy atom. The van der Waals surface area contributed by atoms with Crippen LogP contribution in [0.3, 0.4) is 0 Å². The van der Waals surface area contributed by atoms with Crippen molar-refractivity contribution in [3.05, 3.63) is 11.6 Å². The molecule has 0 radical (unpaired) electrons. The number of nitrogens with one attached hydrogen (secondary N) is 1. The fourth-order valence-electron chi connectivity index (χ4n) is 1.32. The quantitative estimate of drug-likeness (QED) is 0.509. The monoisotopic (exact) mass is 229 g/mol. The van der Waals surface area contributed by atoms with E-state index >= 15 is 0 Å². The summed E-state index contributed by atoms with van der Waals surface area (Å²) in [5, 5.41) is 12.1. The number of carbonyl (C=O) groups excluding carboxylic acids is 1. The maximum atomic E-state index is 11.3. The zero-order valence-electron chi connectivity index (χ0n) is 10.7. The first kappa shape index (κ1) is 15.1. The summed E-state index contributed by atoms with van der Waals surface area (Å²) in [6.07, 6.45) is 3.18. The van der Waals surface area contributed by atoms with Crippen LogP contribution in [0.15, 0.2) is 11.6 Å². The lowest BCUT2D eigenvalue weighted by Crippen LogP contribution is -2.40. The molecule has 16 heavy (non-hydrogen) atoms. The minimum absolute atomic E-state index is 0.125. The van der Waals surface area contributed by atoms with E-state index in [1.54, 1.807) is 0 Å². The Labute approximate surface area is 97.7 Å². The number of carbonyl (C=O) groups is 1. The summed E-state index contributed by atoms with van der Waals surface area (Å²) in [6.45, 7) is 6.70. The first-order valence-corrected chi connectivity index (χ1v) is 5.60. The van der Waals surface area contributed by atoms with Crippen LogP contribution in [0.1, 0.15) is 33.6 Å². The van der Waals surface area contributed by atoms with Gasteiger partial charge in [0.05, 0.1) is 7.11 Å². The maximum Gasteiger partial charge on any atom is 0.333 e. The topological polar surface area (TPSA) is 58.6 Å². The smallest absolute Gasteiger partial charge is 0.333 e. The third kappa shape index (κ3) is 5.88. The van der Waals surface area contributed by atoms with Gasteiger partial charge in [-0.15, -0.1) is 0 Å². The second-order valence-corrected chi connectivity index (χ2v) is 4.31. The average molecular weight is 229 g/mol. The van der Waals surface area contributed by atoms with Crippen LogP contribution in [-0.4, -0.2) is 36.9 Å². The minimum atomic E-state index is -0.274. The van der Waals surface area contributed by atoms with Crippen molar-refractivity contribution < 1.29 is 14.6 Å². The van der Waals surface area contributed by atoms with Crippen molar-refractivity contribution >= 4 is 5.97 Å². The predicted molar refractivity (Wildman–Crippen MR) is 64.2 cm³/mol. The molecular formula is C12H23NO3. The Kier molecular flexibility index (Phi) is 7.01. The molecule has 0 spiro atoms. The van der Waals surface area contributed by atoms with Crippen LogP contribution in [-0.2, 0) is 9.53 Å². The van der Waals surface area contributed by atoms with E-state index in [1.807, 2.05) is 26.8 Å². The molecule has 0 aliphatic heterocycles. The number of aliphatic hydroxyl groups is 1. The Hall–Kier alpha value is -0.870. The highest BCUT2D eigenvalue weighted by molar-refractivity contribution is 5.88. The lowest BCUT2D eigenvalue weighted by atomic mass is 10.0. The summed E-state index contributed by atoms with van der Waals surface area (Å²) >= 11 is 0. The van der Waals surface area contributed by atoms with Gasteiger partial charge in [-0.05, 0) is 26.7 Å². The standard InChI is InChI=1S/C12H23NO3/c1-5-10(11(15)16-4)6-8-13-12(2,3)7-9-14/h6,13-14H,5,7-9H2,1-4H3. The zero-order chi connectivity index (χ0) is 12.6. The van der Waals surface area contributed by atoms with E-state index in [9.17, 15) is 4.79 Å². The summed E-state index contributed by atoms with van der Waals surface area (Å²) < 4.78 is 4.66. The van der Waals surface area contributed by atoms with Crippen LogP contribution >= 0.6 is 0 Å². The van der Waals surface area contributed by atoms with Crippen LogP contribution < -0.4 is 5.32 Å². The summed E-state index contributed by atoms with van der Waals surface area (Å²) in [7, 11) is 1.38. The molecule has 0 aromatic rings. The van der Waals surface area contributed by atoms with E-state index in [4.69, 9.17) is 5.11 Å². The van der Waals surface area contributed by atoms with Crippen LogP contribution in [0.4, 0.5) is 0 Å². The number of methoxy groups -OCH3 is 1. The average Bonchev–Trinajstić information content (AvgIpc) is 2.23. The molecule has 0 rings (SSSR count). The number of hydrogen-bond donors (Lipinski definition) is 2. The van der Waals surface area contributed by atoms with Crippen LogP contribution in [0.25, 0.3) is 0 Å². The van der Waals surface area contributed by atoms with E-state index in [-0.39, 0.29) is 18.1 Å². The number of hydrogen-bond acceptors (Lipinski definition) is 4. The van der Waals surface area contributed by atoms with Crippen molar-refractivity contribution in [2.24, 2.45) is 0 Å². The van der Waals surface area contributed by atoms with Crippen molar-refractivity contribution in [3.8, 4) is 0 Å². The summed E-state index contributed by atoms with van der Waals surface area (Å²) in [4.78, 5) is 11.3. The van der Waals surface area contributed by atoms with Crippen molar-refractivity contribution in [3.63, 3.8) is 0 Å². The molecule has 0 atom stereocenters. The molecule has 0 aromatic heterocycles. The lowest BCUT2D eigenvalue weighted by molar-refractivity contribution is -0.136. The van der Waals surface area contributed by atoms with Crippen molar-refractivity contribution in [1.82, 2.24) is 5.32 Å². The first-order chi connectivity index (χ1) is 7.46. The second-order valence-electron chi connectivity index (χ2n) is 4.31. The van der Waals surface area contributed by atoms with Crippen molar-refractivity contribution in [1.29, 1.82) is 0 Å². The van der Waals surface area contributed by atoms with Gasteiger partial charge >= 0.3 is 5.97 Å². The fourth-order valence-corrected chi connectivity index (χ4v) is 1.32. The number of aliphatic hydroxyl groups excluding tert-OH is 1. The van der Waals surface area contributed by atoms with E-state index < -0.39 is 0 Å². The molecule has 0 amide bonds. The molecule has 0 aliphatic rings. The highest BCUT2D eigenvalue weighted by Crippen LogP contribution is 2.07. The van der Waals surface area contributed by atoms with Crippen LogP contribution in [0.2, 0.25) is 0 Å². The Morgan fingerprint density at radius 2 is 2.12 bits per heavy atom. The highest BCUT2D eigenvalue weighted by Gasteiger charge is 2.15. The highest BCUT2D eigenvalue weighted by atomic mass is 16.5. The Morgan fingerprint density at radius 3 is 2.56 bits per heavy atom. The Balaban J connectivity index is 4.20. The van der Waals surface area contributed by atoms with Gasteiger partial charge < -0.3 is 15.2 Å². The maximum absolute atomic E-state index is 11.3. The molecule has 4 nitrogen and oxygen atoms in total. The van der Waals surface area contributed by atoms with Crippen LogP contribution in [0.5, 0.6) is 0 Å². The molecule has 0 aromatic carbocycles. The van der Waals surface area contributed by atoms with E-state index in [1.165, 1.54) is 7.11 Å². The molecule has 2 N–H and O–H groups in total. The van der Waals surface area contributed by atoms with Gasteiger partial charge in [0, 0.05) is 24.3 Å². The van der Waals surface area contributed by atoms with Gasteiger partial charge in [-0.3, -0.25) is 0 Å². The summed E-state index contributed by atoms with van der Waals surface area (Å²) in [5.74, 6) is -0.274. The molecule has 0 heterocycles. The molecule has 0 saturated heterocycles. The van der Waals surface area contributed by atoms with Gasteiger partial charge in [0.2, 0.25) is 0 Å². The Bertz CT molecular complexity index is 247. The molecule has 94 valence electrons. The third-order valence-corrected chi connectivity index (χ3v) is 2.49. The third-order valence-electron chi connectivity index (χ3n) is 2.49. The predicted octanol–water partition coefficient (Wildman–Crippen LogP) is 1.25.